The number of ether oxygens (including phenoxy) is 4. The van der Waals surface area contributed by atoms with Crippen LogP contribution in [-0.2, 0) is 23.7 Å². The molecule has 2 aliphatic carbocycles. The van der Waals surface area contributed by atoms with E-state index in [0.29, 0.717) is 0 Å². The lowest BCUT2D eigenvalue weighted by Crippen LogP contribution is -2.36. The van der Waals surface area contributed by atoms with Gasteiger partial charge in [0.05, 0.1) is 36.3 Å². The zero-order chi connectivity index (χ0) is 52.0. The number of aliphatic hydroxyl groups excluding tert-OH is 4. The van der Waals surface area contributed by atoms with Crippen molar-refractivity contribution in [2.75, 3.05) is 39.6 Å². The van der Waals surface area contributed by atoms with E-state index in [4.69, 9.17) is 18.9 Å². The Hall–Kier alpha value is -7.20. The van der Waals surface area contributed by atoms with E-state index in [0.717, 1.165) is 69.2 Å². The summed E-state index contributed by atoms with van der Waals surface area (Å²) < 4.78 is 23.4. The molecule has 0 bridgehead atoms. The minimum atomic E-state index is -0.535. The lowest BCUT2D eigenvalue weighted by atomic mass is 9.59. The van der Waals surface area contributed by atoms with E-state index in [-0.39, 0.29) is 39.6 Å². The molecule has 0 heterocycles. The largest absolute Gasteiger partial charge is 0.491 e. The molecule has 0 fully saturated rings. The fraction of sp³-hybridized carbons (Fsp3) is 0.273. The number of rotatable bonds is 16. The van der Waals surface area contributed by atoms with E-state index in [1.54, 1.807) is 13.8 Å². The van der Waals surface area contributed by atoms with Crippen molar-refractivity contribution in [2.45, 2.75) is 77.4 Å². The molecule has 380 valence electrons. The third-order valence-electron chi connectivity index (χ3n) is 14.5. The van der Waals surface area contributed by atoms with E-state index in [9.17, 15) is 20.4 Å². The second-order valence-electron chi connectivity index (χ2n) is 19.9. The maximum Gasteiger partial charge on any atom is 0.122 e. The third-order valence-corrected chi connectivity index (χ3v) is 14.5. The maximum atomic E-state index is 9.74. The molecule has 0 radical (unpaired) electrons. The van der Waals surface area contributed by atoms with E-state index >= 15 is 0 Å². The minimum absolute atomic E-state index is 0.0180. The van der Waals surface area contributed by atoms with Crippen molar-refractivity contribution in [1.29, 1.82) is 0 Å². The Balaban J connectivity index is 0.000000182. The van der Waals surface area contributed by atoms with Gasteiger partial charge in [-0.25, -0.2) is 0 Å². The van der Waals surface area contributed by atoms with Gasteiger partial charge in [-0.3, -0.25) is 0 Å². The first-order chi connectivity index (χ1) is 35.9. The van der Waals surface area contributed by atoms with Crippen molar-refractivity contribution in [2.24, 2.45) is 0 Å². The molecule has 0 amide bonds. The first kappa shape index (κ1) is 51.7. The van der Waals surface area contributed by atoms with Crippen molar-refractivity contribution in [3.63, 3.8) is 0 Å². The molecule has 2 unspecified atom stereocenters. The first-order valence-electron chi connectivity index (χ1n) is 25.8. The van der Waals surface area contributed by atoms with Gasteiger partial charge in [0.1, 0.15) is 49.4 Å². The fourth-order valence-electron chi connectivity index (χ4n) is 11.3. The number of hydrogen-bond acceptors (Lipinski definition) is 8. The topological polar surface area (TPSA) is 118 Å². The molecule has 8 aromatic carbocycles. The quantitative estimate of drug-likeness (QED) is 0.0756. The van der Waals surface area contributed by atoms with Crippen LogP contribution in [-0.4, -0.2) is 72.3 Å². The highest BCUT2D eigenvalue weighted by molar-refractivity contribution is 5.70. The predicted molar refractivity (Wildman–Crippen MR) is 294 cm³/mol. The van der Waals surface area contributed by atoms with E-state index in [2.05, 4.69) is 173 Å². The van der Waals surface area contributed by atoms with Gasteiger partial charge in [0.2, 0.25) is 0 Å². The van der Waals surface area contributed by atoms with Gasteiger partial charge in [0.25, 0.3) is 0 Å². The van der Waals surface area contributed by atoms with Crippen LogP contribution in [0.5, 0.6) is 23.0 Å². The molecule has 0 aliphatic heterocycles. The second kappa shape index (κ2) is 22.5. The van der Waals surface area contributed by atoms with Gasteiger partial charge in [-0.05, 0) is 168 Å². The van der Waals surface area contributed by atoms with Crippen LogP contribution in [0.4, 0.5) is 0 Å². The van der Waals surface area contributed by atoms with Gasteiger partial charge in [0, 0.05) is 0 Å². The van der Waals surface area contributed by atoms with Crippen LogP contribution >= 0.6 is 0 Å². The number of fused-ring (bicyclic) bond motifs is 4. The lowest BCUT2D eigenvalue weighted by molar-refractivity contribution is 0.122. The standard InChI is InChI=1S/C34H36O4.C32H32O4/c1-22-17-28(13-15-32(22)37-20-24(3)35)34(29-14-16-33(23(2)18-29)38-21-25(4)36)30-11-7-5-9-26(30)19-27-10-6-8-12-31(27)34;1-22-19-26(11-13-30(22)35-17-15-33)32(27-12-14-31(23(2)20-27)36-18-16-34)28-9-5-3-7-24(28)21-25-8-4-6-10-29(25)32/h5-18,24-25,35-36H,19-21H2,1-4H3;3-14,19-20,33-34H,15-18,21H2,1-2H3. The van der Waals surface area contributed by atoms with Crippen LogP contribution in [0, 0.1) is 27.7 Å². The van der Waals surface area contributed by atoms with E-state index in [1.807, 2.05) is 24.3 Å². The Labute approximate surface area is 436 Å². The molecule has 8 nitrogen and oxygen atoms in total. The number of aliphatic hydroxyl groups is 4. The Morgan fingerprint density at radius 2 is 0.635 bits per heavy atom. The molecule has 2 aliphatic rings. The van der Waals surface area contributed by atoms with Gasteiger partial charge in [-0.1, -0.05) is 146 Å². The van der Waals surface area contributed by atoms with Gasteiger partial charge >= 0.3 is 0 Å². The normalized spacial score (nSPS) is 14.4. The monoisotopic (exact) mass is 988 g/mol. The Bertz CT molecular complexity index is 3030. The summed E-state index contributed by atoms with van der Waals surface area (Å²) in [4.78, 5) is 0. The van der Waals surface area contributed by atoms with Gasteiger partial charge in [-0.15, -0.1) is 0 Å². The van der Waals surface area contributed by atoms with Crippen molar-refractivity contribution in [3.8, 4) is 23.0 Å². The maximum absolute atomic E-state index is 9.74. The molecule has 0 aromatic heterocycles. The summed E-state index contributed by atoms with van der Waals surface area (Å²) in [5, 5.41) is 38.0. The van der Waals surface area contributed by atoms with Gasteiger partial charge in [0.15, 0.2) is 0 Å². The Kier molecular flexibility index (Phi) is 15.7. The highest BCUT2D eigenvalue weighted by Crippen LogP contribution is 2.53. The van der Waals surface area contributed by atoms with Crippen LogP contribution in [0.15, 0.2) is 170 Å². The number of hydrogen-bond donors (Lipinski definition) is 4. The average Bonchev–Trinajstić information content (AvgIpc) is 3.40. The molecule has 8 aromatic rings. The molecule has 0 saturated carbocycles. The molecule has 0 spiro atoms. The smallest absolute Gasteiger partial charge is 0.122 e. The summed E-state index contributed by atoms with van der Waals surface area (Å²) in [5.74, 6) is 3.12. The average molecular weight is 989 g/mol. The summed E-state index contributed by atoms with van der Waals surface area (Å²) in [6.07, 6.45) is 0.712. The van der Waals surface area contributed by atoms with Gasteiger partial charge in [-0.2, -0.15) is 0 Å². The van der Waals surface area contributed by atoms with Crippen molar-refractivity contribution < 1.29 is 39.4 Å². The summed E-state index contributed by atoms with van der Waals surface area (Å²) in [6.45, 7) is 12.7. The molecule has 74 heavy (non-hydrogen) atoms. The lowest BCUT2D eigenvalue weighted by Gasteiger charge is -2.42. The molecule has 2 atom stereocenters. The highest BCUT2D eigenvalue weighted by atomic mass is 16.5. The van der Waals surface area contributed by atoms with Crippen LogP contribution in [0.25, 0.3) is 0 Å². The van der Waals surface area contributed by atoms with E-state index < -0.39 is 23.0 Å². The molecular formula is C66H68O8. The minimum Gasteiger partial charge on any atom is -0.491 e. The van der Waals surface area contributed by atoms with Crippen LogP contribution in [0.2, 0.25) is 0 Å². The van der Waals surface area contributed by atoms with Crippen LogP contribution in [0.3, 0.4) is 0 Å². The van der Waals surface area contributed by atoms with Crippen molar-refractivity contribution in [1.82, 2.24) is 0 Å². The predicted octanol–water partition coefficient (Wildman–Crippen LogP) is 11.4. The molecule has 8 heteroatoms. The Morgan fingerprint density at radius 3 is 0.878 bits per heavy atom. The highest BCUT2D eigenvalue weighted by Gasteiger charge is 2.45. The van der Waals surface area contributed by atoms with Crippen LogP contribution in [0.1, 0.15) is 103 Å². The van der Waals surface area contributed by atoms with Gasteiger partial charge < -0.3 is 39.4 Å². The fourth-order valence-corrected chi connectivity index (χ4v) is 11.3. The van der Waals surface area contributed by atoms with E-state index in [1.165, 1.54) is 55.6 Å². The zero-order valence-electron chi connectivity index (χ0n) is 43.4. The second-order valence-corrected chi connectivity index (χ2v) is 19.9. The molecule has 4 N–H and O–H groups in total. The van der Waals surface area contributed by atoms with Crippen molar-refractivity contribution in [3.05, 3.63) is 259 Å². The number of benzene rings is 8. The third kappa shape index (κ3) is 9.95. The molecule has 10 rings (SSSR count). The number of aryl methyl sites for hydroxylation is 4. The summed E-state index contributed by atoms with van der Waals surface area (Å²) >= 11 is 0. The summed E-state index contributed by atoms with van der Waals surface area (Å²) in [7, 11) is 0. The Morgan fingerprint density at radius 1 is 0.378 bits per heavy atom. The first-order valence-corrected chi connectivity index (χ1v) is 25.8. The zero-order valence-corrected chi connectivity index (χ0v) is 43.4. The van der Waals surface area contributed by atoms with Crippen molar-refractivity contribution >= 4 is 0 Å². The molecular weight excluding hydrogens is 921 g/mol. The molecule has 0 saturated heterocycles. The SMILES string of the molecule is Cc1cc(C2(c3ccc(OCC(C)O)c(C)c3)c3ccccc3Cc3ccccc32)ccc1OCC(C)O.Cc1cc(C2(c3ccc(OCCO)c(C)c3)c3ccccc3Cc3ccccc32)ccc1OCCO. The summed E-state index contributed by atoms with van der Waals surface area (Å²) in [6, 6.07) is 60.6. The van der Waals surface area contributed by atoms with Crippen LogP contribution < -0.4 is 18.9 Å². The summed E-state index contributed by atoms with van der Waals surface area (Å²) in [5.41, 5.74) is 18.0.